The Morgan fingerprint density at radius 3 is 2.31 bits per heavy atom. The summed E-state index contributed by atoms with van der Waals surface area (Å²) in [6.07, 6.45) is 5.12. The predicted molar refractivity (Wildman–Crippen MR) is 115 cm³/mol. The molecule has 3 rings (SSSR count). The molecule has 0 atom stereocenters. The zero-order valence-corrected chi connectivity index (χ0v) is 17.7. The minimum Gasteiger partial charge on any atom is -0.464 e. The van der Waals surface area contributed by atoms with Gasteiger partial charge in [-0.1, -0.05) is 56.2 Å². The van der Waals surface area contributed by atoms with Crippen LogP contribution in [0.3, 0.4) is 0 Å². The van der Waals surface area contributed by atoms with E-state index in [-0.39, 0.29) is 11.9 Å². The van der Waals surface area contributed by atoms with Crippen LogP contribution >= 0.6 is 0 Å². The number of hydrogen-bond donors (Lipinski definition) is 1. The van der Waals surface area contributed by atoms with Gasteiger partial charge in [-0.25, -0.2) is 4.79 Å². The lowest BCUT2D eigenvalue weighted by Gasteiger charge is -2.28. The van der Waals surface area contributed by atoms with Gasteiger partial charge < -0.3 is 10.1 Å². The quantitative estimate of drug-likeness (QED) is 0.528. The first-order valence-corrected chi connectivity index (χ1v) is 10.7. The first-order chi connectivity index (χ1) is 14.0. The Bertz CT molecular complexity index is 862. The number of carbonyl (C=O) groups excluding carboxylic acids is 2. The van der Waals surface area contributed by atoms with Crippen LogP contribution in [0.2, 0.25) is 0 Å². The maximum Gasteiger partial charge on any atom is 0.332 e. The van der Waals surface area contributed by atoms with Crippen LogP contribution in [0.5, 0.6) is 0 Å². The maximum atomic E-state index is 13.4. The Morgan fingerprint density at radius 2 is 1.69 bits per heavy atom. The van der Waals surface area contributed by atoms with Crippen molar-refractivity contribution >= 4 is 11.9 Å². The third-order valence-corrected chi connectivity index (χ3v) is 5.81. The van der Waals surface area contributed by atoms with Crippen molar-refractivity contribution < 1.29 is 14.3 Å². The molecular formula is C25H31NO3. The van der Waals surface area contributed by atoms with Crippen LogP contribution in [-0.2, 0) is 28.8 Å². The molecule has 1 aliphatic carbocycles. The normalized spacial score (nSPS) is 14.3. The van der Waals surface area contributed by atoms with E-state index in [1.165, 1.54) is 0 Å². The number of rotatable bonds is 8. The highest BCUT2D eigenvalue weighted by molar-refractivity contribution is 6.00. The van der Waals surface area contributed by atoms with Gasteiger partial charge in [-0.05, 0) is 55.0 Å². The number of hydrogen-bond acceptors (Lipinski definition) is 3. The molecule has 0 saturated carbocycles. The minimum atomic E-state index is -1.04. The Kier molecular flexibility index (Phi) is 6.73. The van der Waals surface area contributed by atoms with E-state index in [1.807, 2.05) is 49.4 Å². The summed E-state index contributed by atoms with van der Waals surface area (Å²) < 4.78 is 5.38. The van der Waals surface area contributed by atoms with Crippen molar-refractivity contribution in [1.82, 2.24) is 5.32 Å². The van der Waals surface area contributed by atoms with Gasteiger partial charge in [-0.3, -0.25) is 4.79 Å². The number of nitrogens with one attached hydrogen (secondary N) is 1. The largest absolute Gasteiger partial charge is 0.464 e. The summed E-state index contributed by atoms with van der Waals surface area (Å²) >= 11 is 0. The third-order valence-electron chi connectivity index (χ3n) is 5.81. The molecule has 0 aliphatic heterocycles. The van der Waals surface area contributed by atoms with E-state index in [4.69, 9.17) is 4.74 Å². The fourth-order valence-electron chi connectivity index (χ4n) is 4.25. The number of amides is 1. The van der Waals surface area contributed by atoms with E-state index < -0.39 is 5.54 Å². The molecule has 2 aromatic carbocycles. The summed E-state index contributed by atoms with van der Waals surface area (Å²) in [5.74, 6) is -0.550. The van der Waals surface area contributed by atoms with Gasteiger partial charge in [0.05, 0.1) is 6.61 Å². The first-order valence-electron chi connectivity index (χ1n) is 10.7. The van der Waals surface area contributed by atoms with E-state index >= 15 is 0 Å². The molecule has 1 aliphatic rings. The van der Waals surface area contributed by atoms with Gasteiger partial charge >= 0.3 is 5.97 Å². The second-order valence-corrected chi connectivity index (χ2v) is 7.94. The summed E-state index contributed by atoms with van der Waals surface area (Å²) in [4.78, 5) is 26.3. The van der Waals surface area contributed by atoms with Gasteiger partial charge in [0.15, 0.2) is 0 Å². The van der Waals surface area contributed by atoms with Gasteiger partial charge in [-0.15, -0.1) is 0 Å². The Morgan fingerprint density at radius 1 is 1.00 bits per heavy atom. The molecule has 0 radical (unpaired) electrons. The number of carbonyl (C=O) groups is 2. The van der Waals surface area contributed by atoms with Crippen LogP contribution in [0.4, 0.5) is 0 Å². The lowest BCUT2D eigenvalue weighted by Crippen LogP contribution is -2.56. The molecule has 154 valence electrons. The van der Waals surface area contributed by atoms with Crippen molar-refractivity contribution in [2.75, 3.05) is 6.61 Å². The van der Waals surface area contributed by atoms with Crippen LogP contribution in [0.25, 0.3) is 0 Å². The van der Waals surface area contributed by atoms with Crippen LogP contribution in [-0.4, -0.2) is 24.0 Å². The van der Waals surface area contributed by atoms with Gasteiger partial charge in [0.25, 0.3) is 5.91 Å². The third kappa shape index (κ3) is 4.52. The monoisotopic (exact) mass is 393 g/mol. The summed E-state index contributed by atoms with van der Waals surface area (Å²) in [7, 11) is 0. The first kappa shape index (κ1) is 21.1. The number of benzene rings is 2. The second kappa shape index (κ2) is 9.25. The molecule has 2 aromatic rings. The zero-order chi connectivity index (χ0) is 20.9. The molecule has 0 bridgehead atoms. The summed E-state index contributed by atoms with van der Waals surface area (Å²) in [5.41, 5.74) is 4.00. The fourth-order valence-corrected chi connectivity index (χ4v) is 4.25. The average Bonchev–Trinajstić information content (AvgIpc) is 3.08. The summed E-state index contributed by atoms with van der Waals surface area (Å²) in [5, 5.41) is 3.08. The Hall–Kier alpha value is -2.62. The fraction of sp³-hybridized carbons (Fsp3) is 0.440. The summed E-state index contributed by atoms with van der Waals surface area (Å²) in [6.45, 7) is 6.30. The van der Waals surface area contributed by atoms with Crippen molar-refractivity contribution in [3.05, 3.63) is 70.3 Å². The van der Waals surface area contributed by atoms with Gasteiger partial charge in [0, 0.05) is 18.4 Å². The van der Waals surface area contributed by atoms with E-state index in [1.54, 1.807) is 6.92 Å². The molecule has 4 heteroatoms. The molecule has 1 N–H and O–H groups in total. The van der Waals surface area contributed by atoms with Crippen molar-refractivity contribution in [3.63, 3.8) is 0 Å². The number of fused-ring (bicyclic) bond motifs is 1. The Balaban J connectivity index is 1.89. The number of aryl methyl sites for hydroxylation is 1. The van der Waals surface area contributed by atoms with Gasteiger partial charge in [-0.2, -0.15) is 0 Å². The topological polar surface area (TPSA) is 55.4 Å². The average molecular weight is 394 g/mol. The number of unbranched alkanes of at least 4 members (excludes halogenated alkanes) is 2. The highest BCUT2D eigenvalue weighted by Crippen LogP contribution is 2.32. The smallest absolute Gasteiger partial charge is 0.332 e. The maximum absolute atomic E-state index is 13.4. The standard InChI is InChI=1S/C25H31NO3/c1-4-6-7-14-21-18(3)11-10-15-22(21)23(27)26-25(24(28)29-5-2)16-19-12-8-9-13-20(19)17-25/h8-13,15H,4-7,14,16-17H2,1-3H3,(H,26,27). The van der Waals surface area contributed by atoms with Crippen LogP contribution in [0.15, 0.2) is 42.5 Å². The number of esters is 1. The molecule has 4 nitrogen and oxygen atoms in total. The molecule has 0 saturated heterocycles. The minimum absolute atomic E-state index is 0.193. The molecule has 0 fully saturated rings. The van der Waals surface area contributed by atoms with Crippen molar-refractivity contribution in [3.8, 4) is 0 Å². The van der Waals surface area contributed by atoms with Gasteiger partial charge in [0.1, 0.15) is 5.54 Å². The molecule has 0 heterocycles. The molecular weight excluding hydrogens is 362 g/mol. The molecule has 29 heavy (non-hydrogen) atoms. The van der Waals surface area contributed by atoms with E-state index in [9.17, 15) is 9.59 Å². The van der Waals surface area contributed by atoms with Gasteiger partial charge in [0.2, 0.25) is 0 Å². The Labute approximate surface area is 173 Å². The molecule has 1 amide bonds. The second-order valence-electron chi connectivity index (χ2n) is 7.94. The lowest BCUT2D eigenvalue weighted by molar-refractivity contribution is -0.150. The zero-order valence-electron chi connectivity index (χ0n) is 17.7. The molecule has 0 aromatic heterocycles. The van der Waals surface area contributed by atoms with Crippen LogP contribution in [0.1, 0.15) is 65.7 Å². The SMILES string of the molecule is CCCCCc1c(C)cccc1C(=O)NC1(C(=O)OCC)Cc2ccccc2C1. The number of ether oxygens (including phenoxy) is 1. The van der Waals surface area contributed by atoms with Crippen molar-refractivity contribution in [2.45, 2.75) is 64.8 Å². The lowest BCUT2D eigenvalue weighted by atomic mass is 9.92. The summed E-state index contributed by atoms with van der Waals surface area (Å²) in [6, 6.07) is 13.8. The van der Waals surface area contributed by atoms with E-state index in [0.29, 0.717) is 25.0 Å². The van der Waals surface area contributed by atoms with Crippen molar-refractivity contribution in [1.29, 1.82) is 0 Å². The predicted octanol–water partition coefficient (Wildman–Crippen LogP) is 4.56. The van der Waals surface area contributed by atoms with E-state index in [0.717, 1.165) is 47.9 Å². The highest BCUT2D eigenvalue weighted by Gasteiger charge is 2.46. The molecule has 0 spiro atoms. The van der Waals surface area contributed by atoms with Crippen molar-refractivity contribution in [2.24, 2.45) is 0 Å². The highest BCUT2D eigenvalue weighted by atomic mass is 16.5. The van der Waals surface area contributed by atoms with E-state index in [2.05, 4.69) is 12.2 Å². The van der Waals surface area contributed by atoms with Crippen LogP contribution < -0.4 is 5.32 Å². The van der Waals surface area contributed by atoms with Crippen LogP contribution in [0, 0.1) is 6.92 Å². The molecule has 0 unspecified atom stereocenters.